The normalized spacial score (nSPS) is 17.3. The first-order valence-electron chi connectivity index (χ1n) is 9.11. The maximum Gasteiger partial charge on any atom is 0.317 e. The maximum absolute atomic E-state index is 12.5. The van der Waals surface area contributed by atoms with E-state index in [-0.39, 0.29) is 11.9 Å². The molecule has 0 saturated carbocycles. The Kier molecular flexibility index (Phi) is 7.11. The van der Waals surface area contributed by atoms with Crippen molar-refractivity contribution in [2.24, 2.45) is 7.05 Å². The van der Waals surface area contributed by atoms with Crippen LogP contribution in [-0.2, 0) is 18.2 Å². The van der Waals surface area contributed by atoms with E-state index in [1.807, 2.05) is 22.7 Å². The van der Waals surface area contributed by atoms with Gasteiger partial charge in [-0.2, -0.15) is 4.98 Å². The molecule has 2 aromatic heterocycles. The fourth-order valence-electron chi connectivity index (χ4n) is 2.99. The van der Waals surface area contributed by atoms with Crippen LogP contribution < -0.4 is 5.32 Å². The number of amides is 2. The number of carbonyl (C=O) groups is 1. The third-order valence-corrected chi connectivity index (χ3v) is 5.52. The van der Waals surface area contributed by atoms with Crippen molar-refractivity contribution in [3.63, 3.8) is 0 Å². The van der Waals surface area contributed by atoms with E-state index in [0.29, 0.717) is 37.8 Å². The van der Waals surface area contributed by atoms with Gasteiger partial charge in [-0.15, -0.1) is 0 Å². The summed E-state index contributed by atoms with van der Waals surface area (Å²) in [6.45, 7) is 2.51. The molecule has 148 valence electrons. The summed E-state index contributed by atoms with van der Waals surface area (Å²) in [7, 11) is 3.60. The topological polar surface area (TPSA) is 98.3 Å². The summed E-state index contributed by atoms with van der Waals surface area (Å²) in [5.74, 6) is 2.14. The van der Waals surface area contributed by atoms with Gasteiger partial charge in [0.05, 0.1) is 12.5 Å². The summed E-state index contributed by atoms with van der Waals surface area (Å²) < 4.78 is 12.4. The Bertz CT molecular complexity index is 734. The van der Waals surface area contributed by atoms with E-state index in [4.69, 9.17) is 9.26 Å². The number of carbonyl (C=O) groups excluding carboxylic acids is 1. The van der Waals surface area contributed by atoms with Crippen molar-refractivity contribution in [1.82, 2.24) is 29.9 Å². The Balaban J connectivity index is 1.43. The van der Waals surface area contributed by atoms with Crippen LogP contribution in [0.2, 0.25) is 0 Å². The minimum Gasteiger partial charge on any atom is -0.384 e. The molecule has 1 N–H and O–H groups in total. The number of urea groups is 1. The number of aryl methyl sites for hydroxylation is 1. The predicted octanol–water partition coefficient (Wildman–Crippen LogP) is 1.67. The number of imidazole rings is 1. The van der Waals surface area contributed by atoms with Crippen molar-refractivity contribution in [2.75, 3.05) is 39.1 Å². The van der Waals surface area contributed by atoms with Gasteiger partial charge in [0.1, 0.15) is 0 Å². The third-order valence-electron chi connectivity index (χ3n) is 4.46. The van der Waals surface area contributed by atoms with Crippen molar-refractivity contribution < 1.29 is 14.1 Å². The van der Waals surface area contributed by atoms with Gasteiger partial charge in [-0.1, -0.05) is 16.9 Å². The highest BCUT2D eigenvalue weighted by Gasteiger charge is 2.28. The van der Waals surface area contributed by atoms with E-state index < -0.39 is 0 Å². The lowest BCUT2D eigenvalue weighted by Gasteiger charge is -2.31. The molecule has 0 spiro atoms. The molecule has 1 saturated heterocycles. The molecule has 3 rings (SSSR count). The number of ether oxygens (including phenoxy) is 1. The summed E-state index contributed by atoms with van der Waals surface area (Å²) in [5, 5.41) is 7.93. The first kappa shape index (κ1) is 19.7. The van der Waals surface area contributed by atoms with Crippen LogP contribution in [0.15, 0.2) is 22.1 Å². The molecule has 10 heteroatoms. The van der Waals surface area contributed by atoms with Gasteiger partial charge >= 0.3 is 6.03 Å². The van der Waals surface area contributed by atoms with Crippen molar-refractivity contribution in [3.8, 4) is 0 Å². The Hall–Kier alpha value is -2.07. The quantitative estimate of drug-likeness (QED) is 0.537. The highest BCUT2D eigenvalue weighted by molar-refractivity contribution is 7.99. The zero-order valence-corrected chi connectivity index (χ0v) is 16.6. The molecule has 2 amide bonds. The Morgan fingerprint density at radius 3 is 3.19 bits per heavy atom. The number of nitrogens with one attached hydrogen (secondary N) is 1. The van der Waals surface area contributed by atoms with Crippen LogP contribution in [0.3, 0.4) is 0 Å². The maximum atomic E-state index is 12.5. The molecule has 0 radical (unpaired) electrons. The number of hydrogen-bond acceptors (Lipinski definition) is 7. The van der Waals surface area contributed by atoms with Gasteiger partial charge in [-0.05, 0) is 12.8 Å². The second-order valence-electron chi connectivity index (χ2n) is 6.48. The SMILES string of the molecule is COCCc1noc(C2CCCN(C(=O)NCCSc3nccn3C)C2)n1. The molecule has 1 unspecified atom stereocenters. The lowest BCUT2D eigenvalue weighted by molar-refractivity contribution is 0.172. The number of thioether (sulfide) groups is 1. The molecule has 0 bridgehead atoms. The van der Waals surface area contributed by atoms with E-state index >= 15 is 0 Å². The molecule has 1 atom stereocenters. The monoisotopic (exact) mass is 394 g/mol. The Morgan fingerprint density at radius 2 is 2.41 bits per heavy atom. The Morgan fingerprint density at radius 1 is 1.52 bits per heavy atom. The largest absolute Gasteiger partial charge is 0.384 e. The minimum atomic E-state index is -0.0423. The average Bonchev–Trinajstić information content (AvgIpc) is 3.32. The minimum absolute atomic E-state index is 0.0423. The summed E-state index contributed by atoms with van der Waals surface area (Å²) in [5.41, 5.74) is 0. The van der Waals surface area contributed by atoms with Crippen LogP contribution >= 0.6 is 11.8 Å². The van der Waals surface area contributed by atoms with Crippen molar-refractivity contribution >= 4 is 17.8 Å². The van der Waals surface area contributed by atoms with Crippen LogP contribution in [-0.4, -0.2) is 69.7 Å². The molecule has 9 nitrogen and oxygen atoms in total. The molecule has 3 heterocycles. The summed E-state index contributed by atoms with van der Waals surface area (Å²) >= 11 is 1.62. The van der Waals surface area contributed by atoms with Crippen molar-refractivity contribution in [2.45, 2.75) is 30.3 Å². The zero-order valence-electron chi connectivity index (χ0n) is 15.8. The molecular formula is C17H26N6O3S. The number of piperidine rings is 1. The van der Waals surface area contributed by atoms with Crippen molar-refractivity contribution in [1.29, 1.82) is 0 Å². The fourth-order valence-corrected chi connectivity index (χ4v) is 3.78. The third kappa shape index (κ3) is 5.46. The van der Waals surface area contributed by atoms with Gasteiger partial charge < -0.3 is 24.0 Å². The fraction of sp³-hybridized carbons (Fsp3) is 0.647. The van der Waals surface area contributed by atoms with Crippen LogP contribution in [0.4, 0.5) is 4.79 Å². The van der Waals surface area contributed by atoms with Crippen LogP contribution in [0, 0.1) is 0 Å². The first-order chi connectivity index (χ1) is 13.2. The first-order valence-corrected chi connectivity index (χ1v) is 10.1. The van der Waals surface area contributed by atoms with Crippen LogP contribution in [0.1, 0.15) is 30.5 Å². The standard InChI is InChI=1S/C17H26N6O3S/c1-22-9-6-19-17(22)27-11-7-18-16(24)23-8-3-4-13(12-23)15-20-14(21-26-15)5-10-25-2/h6,9,13H,3-5,7-8,10-12H2,1-2H3,(H,18,24). The molecule has 2 aromatic rings. The van der Waals surface area contributed by atoms with Gasteiger partial charge in [-0.25, -0.2) is 9.78 Å². The Labute approximate surface area is 162 Å². The molecule has 1 aliphatic rings. The zero-order chi connectivity index (χ0) is 19.1. The highest BCUT2D eigenvalue weighted by atomic mass is 32.2. The van der Waals surface area contributed by atoms with E-state index in [1.165, 1.54) is 0 Å². The number of likely N-dealkylation sites (tertiary alicyclic amines) is 1. The lowest BCUT2D eigenvalue weighted by Crippen LogP contribution is -2.45. The second-order valence-corrected chi connectivity index (χ2v) is 7.54. The number of methoxy groups -OCH3 is 1. The van der Waals surface area contributed by atoms with Crippen molar-refractivity contribution in [3.05, 3.63) is 24.1 Å². The molecule has 27 heavy (non-hydrogen) atoms. The second kappa shape index (κ2) is 9.75. The lowest BCUT2D eigenvalue weighted by atomic mass is 9.98. The van der Waals surface area contributed by atoms with E-state index in [2.05, 4.69) is 20.4 Å². The summed E-state index contributed by atoms with van der Waals surface area (Å²) in [6, 6.07) is -0.0423. The molecule has 0 aliphatic carbocycles. The van der Waals surface area contributed by atoms with E-state index in [0.717, 1.165) is 30.3 Å². The van der Waals surface area contributed by atoms with Crippen LogP contribution in [0.5, 0.6) is 0 Å². The van der Waals surface area contributed by atoms with Crippen LogP contribution in [0.25, 0.3) is 0 Å². The summed E-state index contributed by atoms with van der Waals surface area (Å²) in [6.07, 6.45) is 6.19. The number of rotatable bonds is 8. The van der Waals surface area contributed by atoms with Gasteiger partial charge in [0.15, 0.2) is 11.0 Å². The molecule has 1 aliphatic heterocycles. The predicted molar refractivity (Wildman–Crippen MR) is 101 cm³/mol. The molecule has 1 fully saturated rings. The number of nitrogens with zero attached hydrogens (tertiary/aromatic N) is 5. The molecule has 0 aromatic carbocycles. The van der Waals surface area contributed by atoms with E-state index in [1.54, 1.807) is 25.1 Å². The highest BCUT2D eigenvalue weighted by Crippen LogP contribution is 2.25. The molecular weight excluding hydrogens is 368 g/mol. The van der Waals surface area contributed by atoms with Gasteiger partial charge in [0.25, 0.3) is 0 Å². The van der Waals surface area contributed by atoms with E-state index in [9.17, 15) is 4.79 Å². The van der Waals surface area contributed by atoms with Gasteiger partial charge in [0.2, 0.25) is 5.89 Å². The number of aromatic nitrogens is 4. The number of hydrogen-bond donors (Lipinski definition) is 1. The van der Waals surface area contributed by atoms with Gasteiger partial charge in [-0.3, -0.25) is 0 Å². The smallest absolute Gasteiger partial charge is 0.317 e. The summed E-state index contributed by atoms with van der Waals surface area (Å²) in [4.78, 5) is 23.0. The average molecular weight is 395 g/mol. The van der Waals surface area contributed by atoms with Gasteiger partial charge in [0, 0.05) is 58.4 Å².